The van der Waals surface area contributed by atoms with E-state index in [1.54, 1.807) is 0 Å². The minimum absolute atomic E-state index is 0.337. The average molecular weight is 161 g/mol. The molecule has 1 heterocycles. The van der Waals surface area contributed by atoms with Gasteiger partial charge < -0.3 is 15.5 Å². The summed E-state index contributed by atoms with van der Waals surface area (Å²) >= 11 is 4.79. The van der Waals surface area contributed by atoms with Gasteiger partial charge in [-0.15, -0.1) is 0 Å². The molecule has 1 aliphatic heterocycles. The fourth-order valence-electron chi connectivity index (χ4n) is 0.875. The van der Waals surface area contributed by atoms with Crippen molar-refractivity contribution in [3.8, 4) is 0 Å². The molecule has 0 aromatic rings. The normalized spacial score (nSPS) is 24.3. The second-order valence-electron chi connectivity index (χ2n) is 2.18. The van der Waals surface area contributed by atoms with Gasteiger partial charge in [0.15, 0.2) is 5.11 Å². The van der Waals surface area contributed by atoms with Crippen molar-refractivity contribution in [1.29, 1.82) is 0 Å². The molecular weight excluding hydrogens is 150 g/mol. The Labute approximate surface area is 65.1 Å². The number of rotatable bonds is 1. The first-order chi connectivity index (χ1) is 4.83. The maximum Gasteiger partial charge on any atom is 0.180 e. The minimum Gasteiger partial charge on any atom is -0.379 e. The zero-order valence-electron chi connectivity index (χ0n) is 5.59. The molecule has 0 aliphatic carbocycles. The first kappa shape index (κ1) is 7.71. The number of nitrogens with two attached hydrogens (primary N) is 1. The van der Waals surface area contributed by atoms with Crippen LogP contribution in [0, 0.1) is 0 Å². The summed E-state index contributed by atoms with van der Waals surface area (Å²) in [6, 6.07) is 0.337. The Kier molecular flexibility index (Phi) is 2.85. The van der Waals surface area contributed by atoms with Crippen LogP contribution in [-0.2, 0) is 4.74 Å². The van der Waals surface area contributed by atoms with Gasteiger partial charge in [0.1, 0.15) is 0 Å². The fourth-order valence-corrected chi connectivity index (χ4v) is 1.04. The number of hydrogen-bond donors (Lipinski definition) is 3. The second kappa shape index (κ2) is 3.70. The van der Waals surface area contributed by atoms with Gasteiger partial charge in [-0.3, -0.25) is 0 Å². The Morgan fingerprint density at radius 3 is 3.00 bits per heavy atom. The smallest absolute Gasteiger partial charge is 0.180 e. The molecule has 0 spiro atoms. The number of ether oxygens (including phenoxy) is 1. The van der Waals surface area contributed by atoms with E-state index in [0.29, 0.717) is 11.2 Å². The summed E-state index contributed by atoms with van der Waals surface area (Å²) < 4.78 is 5.11. The number of hydrogen-bond acceptors (Lipinski definition) is 3. The van der Waals surface area contributed by atoms with Gasteiger partial charge in [-0.05, 0) is 18.6 Å². The lowest BCUT2D eigenvalue weighted by molar-refractivity contribution is 0.192. The molecule has 4 nitrogen and oxygen atoms in total. The van der Waals surface area contributed by atoms with Crippen molar-refractivity contribution in [3.63, 3.8) is 0 Å². The molecule has 1 rings (SSSR count). The van der Waals surface area contributed by atoms with Gasteiger partial charge in [0, 0.05) is 6.61 Å². The van der Waals surface area contributed by atoms with Crippen LogP contribution >= 0.6 is 12.2 Å². The van der Waals surface area contributed by atoms with Gasteiger partial charge in [-0.1, -0.05) is 0 Å². The molecule has 1 unspecified atom stereocenters. The molecule has 0 aromatic heterocycles. The van der Waals surface area contributed by atoms with Crippen molar-refractivity contribution in [1.82, 2.24) is 10.7 Å². The molecule has 5 heteroatoms. The van der Waals surface area contributed by atoms with Gasteiger partial charge in [0.05, 0.1) is 12.6 Å². The lowest BCUT2D eigenvalue weighted by Gasteiger charge is -2.11. The molecular formula is C5H11N3OS. The Morgan fingerprint density at radius 2 is 2.50 bits per heavy atom. The van der Waals surface area contributed by atoms with Crippen LogP contribution in [0.5, 0.6) is 0 Å². The van der Waals surface area contributed by atoms with E-state index >= 15 is 0 Å². The molecule has 0 aromatic carbocycles. The largest absolute Gasteiger partial charge is 0.379 e. The van der Waals surface area contributed by atoms with Crippen LogP contribution in [-0.4, -0.2) is 24.4 Å². The summed E-state index contributed by atoms with van der Waals surface area (Å²) in [5.74, 6) is 5.06. The lowest BCUT2D eigenvalue weighted by Crippen LogP contribution is -2.45. The molecule has 0 saturated carbocycles. The number of hydrazine groups is 1. The van der Waals surface area contributed by atoms with Gasteiger partial charge in [0.2, 0.25) is 0 Å². The summed E-state index contributed by atoms with van der Waals surface area (Å²) in [5.41, 5.74) is 2.36. The quantitative estimate of drug-likeness (QED) is 0.265. The van der Waals surface area contributed by atoms with Crippen LogP contribution in [0.25, 0.3) is 0 Å². The minimum atomic E-state index is 0.337. The highest BCUT2D eigenvalue weighted by Crippen LogP contribution is 2.02. The van der Waals surface area contributed by atoms with Gasteiger partial charge in [-0.25, -0.2) is 5.84 Å². The molecule has 1 atom stereocenters. The summed E-state index contributed by atoms with van der Waals surface area (Å²) in [7, 11) is 0. The molecule has 1 saturated heterocycles. The maximum absolute atomic E-state index is 5.11. The van der Waals surface area contributed by atoms with Crippen LogP contribution in [0.1, 0.15) is 6.42 Å². The van der Waals surface area contributed by atoms with Crippen LogP contribution in [0.15, 0.2) is 0 Å². The van der Waals surface area contributed by atoms with Crippen LogP contribution < -0.4 is 16.6 Å². The van der Waals surface area contributed by atoms with Gasteiger partial charge >= 0.3 is 0 Å². The van der Waals surface area contributed by atoms with E-state index in [4.69, 9.17) is 22.8 Å². The van der Waals surface area contributed by atoms with Crippen molar-refractivity contribution in [2.75, 3.05) is 13.2 Å². The molecule has 58 valence electrons. The Balaban J connectivity index is 2.17. The maximum atomic E-state index is 5.11. The number of thiocarbonyl (C=S) groups is 1. The Morgan fingerprint density at radius 1 is 1.70 bits per heavy atom. The third kappa shape index (κ3) is 2.09. The zero-order chi connectivity index (χ0) is 7.40. The van der Waals surface area contributed by atoms with Crippen molar-refractivity contribution >= 4 is 17.3 Å². The third-order valence-corrected chi connectivity index (χ3v) is 1.63. The van der Waals surface area contributed by atoms with Crippen molar-refractivity contribution in [3.05, 3.63) is 0 Å². The summed E-state index contributed by atoms with van der Waals surface area (Å²) in [6.45, 7) is 1.53. The van der Waals surface area contributed by atoms with Crippen molar-refractivity contribution in [2.24, 2.45) is 5.84 Å². The Bertz CT molecular complexity index is 124. The highest BCUT2D eigenvalue weighted by molar-refractivity contribution is 7.80. The lowest BCUT2D eigenvalue weighted by atomic mass is 10.3. The van der Waals surface area contributed by atoms with E-state index in [1.165, 1.54) is 0 Å². The standard InChI is InChI=1S/C5H11N3OS/c6-8-5(10)7-4-1-2-9-3-4/h4H,1-3,6H2,(H2,7,8,10). The third-order valence-electron chi connectivity index (χ3n) is 1.40. The molecule has 0 amide bonds. The van der Waals surface area contributed by atoms with Crippen molar-refractivity contribution in [2.45, 2.75) is 12.5 Å². The van der Waals surface area contributed by atoms with E-state index in [2.05, 4.69) is 10.7 Å². The molecule has 0 radical (unpaired) electrons. The predicted octanol–water partition coefficient (Wildman–Crippen LogP) is -0.887. The van der Waals surface area contributed by atoms with E-state index in [9.17, 15) is 0 Å². The summed E-state index contributed by atoms with van der Waals surface area (Å²) in [4.78, 5) is 0. The summed E-state index contributed by atoms with van der Waals surface area (Å²) in [5, 5.41) is 3.48. The zero-order valence-corrected chi connectivity index (χ0v) is 6.41. The van der Waals surface area contributed by atoms with Crippen LogP contribution in [0.4, 0.5) is 0 Å². The average Bonchev–Trinajstić information content (AvgIpc) is 2.40. The second-order valence-corrected chi connectivity index (χ2v) is 2.59. The van der Waals surface area contributed by atoms with E-state index < -0.39 is 0 Å². The predicted molar refractivity (Wildman–Crippen MR) is 42.3 cm³/mol. The van der Waals surface area contributed by atoms with E-state index in [-0.39, 0.29) is 0 Å². The molecule has 10 heavy (non-hydrogen) atoms. The first-order valence-electron chi connectivity index (χ1n) is 3.18. The van der Waals surface area contributed by atoms with Crippen molar-refractivity contribution < 1.29 is 4.74 Å². The monoisotopic (exact) mass is 161 g/mol. The SMILES string of the molecule is NNC(=S)NC1CCOC1. The molecule has 1 aliphatic rings. The molecule has 4 N–H and O–H groups in total. The number of nitrogens with one attached hydrogen (secondary N) is 2. The van der Waals surface area contributed by atoms with Crippen LogP contribution in [0.3, 0.4) is 0 Å². The summed E-state index contributed by atoms with van der Waals surface area (Å²) in [6.07, 6.45) is 1.00. The topological polar surface area (TPSA) is 59.3 Å². The van der Waals surface area contributed by atoms with E-state index in [0.717, 1.165) is 19.6 Å². The van der Waals surface area contributed by atoms with Gasteiger partial charge in [-0.2, -0.15) is 0 Å². The van der Waals surface area contributed by atoms with Crippen LogP contribution in [0.2, 0.25) is 0 Å². The molecule has 0 bridgehead atoms. The molecule has 1 fully saturated rings. The van der Waals surface area contributed by atoms with Gasteiger partial charge in [0.25, 0.3) is 0 Å². The first-order valence-corrected chi connectivity index (χ1v) is 3.58. The fraction of sp³-hybridized carbons (Fsp3) is 0.800. The highest BCUT2D eigenvalue weighted by Gasteiger charge is 2.15. The van der Waals surface area contributed by atoms with E-state index in [1.807, 2.05) is 0 Å². The highest BCUT2D eigenvalue weighted by atomic mass is 32.1. The Hall–Kier alpha value is -0.390.